The maximum Gasteiger partial charge on any atom is 0.313 e. The van der Waals surface area contributed by atoms with E-state index in [2.05, 4.69) is 16.8 Å². The van der Waals surface area contributed by atoms with E-state index in [-0.39, 0.29) is 17.8 Å². The zero-order valence-electron chi connectivity index (χ0n) is 25.7. The molecule has 4 heterocycles. The van der Waals surface area contributed by atoms with Gasteiger partial charge < -0.3 is 14.6 Å². The molecule has 2 aliphatic heterocycles. The molecule has 44 heavy (non-hydrogen) atoms. The Hall–Kier alpha value is -2.92. The fourth-order valence-corrected chi connectivity index (χ4v) is 8.21. The SMILES string of the molecule is COC1(C)CCN(C2CCc3nc(C)n(CCOc4ccc(Cl)cc4-c4cc(C)nc5c4SCC5C(=O)O)c(=O)c3C2)CC1. The summed E-state index contributed by atoms with van der Waals surface area (Å²) in [6.07, 6.45) is 4.53. The van der Waals surface area contributed by atoms with Crippen molar-refractivity contribution in [3.63, 3.8) is 0 Å². The molecule has 234 valence electrons. The highest BCUT2D eigenvalue weighted by atomic mass is 35.5. The summed E-state index contributed by atoms with van der Waals surface area (Å²) >= 11 is 7.92. The first-order chi connectivity index (χ1) is 21.1. The van der Waals surface area contributed by atoms with Gasteiger partial charge in [0.2, 0.25) is 0 Å². The number of benzene rings is 1. The van der Waals surface area contributed by atoms with Crippen molar-refractivity contribution in [2.24, 2.45) is 0 Å². The predicted molar refractivity (Wildman–Crippen MR) is 171 cm³/mol. The Kier molecular flexibility index (Phi) is 8.80. The first kappa shape index (κ1) is 31.1. The number of aryl methyl sites for hydroxylation is 3. The van der Waals surface area contributed by atoms with E-state index in [1.165, 1.54) is 11.8 Å². The standard InChI is InChI=1S/C33H39ClN4O5S/c1-19-15-24(30-29(35-19)26(18-44-30)32(40)41)23-16-21(34)5-8-28(23)43-14-13-38-20(2)36-27-7-6-22(17-25(27)31(38)39)37-11-9-33(3,42-4)10-12-37/h5,8,15-16,22,26H,6-7,9-14,17-18H2,1-4H3,(H,40,41). The second kappa shape index (κ2) is 12.5. The number of thioether (sulfide) groups is 1. The van der Waals surface area contributed by atoms with Gasteiger partial charge in [0.15, 0.2) is 0 Å². The number of rotatable bonds is 8. The van der Waals surface area contributed by atoms with E-state index in [0.29, 0.717) is 40.6 Å². The van der Waals surface area contributed by atoms with Crippen LogP contribution in [0.3, 0.4) is 0 Å². The largest absolute Gasteiger partial charge is 0.491 e. The summed E-state index contributed by atoms with van der Waals surface area (Å²) in [5.41, 5.74) is 4.67. The third-order valence-corrected chi connectivity index (χ3v) is 11.0. The number of likely N-dealkylation sites (tertiary alicyclic amines) is 1. The summed E-state index contributed by atoms with van der Waals surface area (Å²) < 4.78 is 13.8. The molecule has 0 amide bonds. The molecule has 1 saturated heterocycles. The van der Waals surface area contributed by atoms with Crippen molar-refractivity contribution in [3.05, 3.63) is 68.1 Å². The first-order valence-electron chi connectivity index (χ1n) is 15.2. The predicted octanol–water partition coefficient (Wildman–Crippen LogP) is 5.29. The smallest absolute Gasteiger partial charge is 0.313 e. The Morgan fingerprint density at radius 2 is 1.95 bits per heavy atom. The van der Waals surface area contributed by atoms with Gasteiger partial charge in [-0.15, -0.1) is 11.8 Å². The van der Waals surface area contributed by atoms with Crippen LogP contribution in [0, 0.1) is 13.8 Å². The van der Waals surface area contributed by atoms with E-state index in [4.69, 9.17) is 26.1 Å². The van der Waals surface area contributed by atoms with Crippen LogP contribution < -0.4 is 10.3 Å². The number of carbonyl (C=O) groups is 1. The van der Waals surface area contributed by atoms with Crippen LogP contribution in [0.15, 0.2) is 34.0 Å². The second-order valence-electron chi connectivity index (χ2n) is 12.3. The van der Waals surface area contributed by atoms with Crippen molar-refractivity contribution in [3.8, 4) is 16.9 Å². The molecule has 6 rings (SSSR count). The minimum atomic E-state index is -0.876. The molecule has 2 aromatic heterocycles. The third-order valence-electron chi connectivity index (χ3n) is 9.51. The number of methoxy groups -OCH3 is 1. The fraction of sp³-hybridized carbons (Fsp3) is 0.515. The van der Waals surface area contributed by atoms with Gasteiger partial charge >= 0.3 is 5.97 Å². The van der Waals surface area contributed by atoms with Crippen molar-refractivity contribution in [2.45, 2.75) is 81.9 Å². The molecule has 2 atom stereocenters. The Balaban J connectivity index is 1.20. The number of hydrogen-bond donors (Lipinski definition) is 1. The molecule has 3 aromatic rings. The third kappa shape index (κ3) is 6.01. The normalized spacial score (nSPS) is 21.1. The van der Waals surface area contributed by atoms with Gasteiger partial charge in [-0.3, -0.25) is 24.0 Å². The number of aromatic nitrogens is 3. The van der Waals surface area contributed by atoms with Crippen molar-refractivity contribution < 1.29 is 19.4 Å². The highest BCUT2D eigenvalue weighted by Gasteiger charge is 2.36. The average molecular weight is 639 g/mol. The number of carboxylic acids is 1. The van der Waals surface area contributed by atoms with Gasteiger partial charge in [0.1, 0.15) is 24.1 Å². The topological polar surface area (TPSA) is 107 Å². The van der Waals surface area contributed by atoms with Gasteiger partial charge in [-0.05, 0) is 77.1 Å². The van der Waals surface area contributed by atoms with Crippen LogP contribution in [-0.2, 0) is 28.9 Å². The number of halogens is 1. The molecule has 3 aliphatic rings. The molecule has 0 radical (unpaired) electrons. The molecule has 1 aliphatic carbocycles. The Morgan fingerprint density at radius 3 is 2.68 bits per heavy atom. The quantitative estimate of drug-likeness (QED) is 0.352. The van der Waals surface area contributed by atoms with Crippen molar-refractivity contribution in [1.29, 1.82) is 0 Å². The van der Waals surface area contributed by atoms with Crippen LogP contribution in [0.5, 0.6) is 5.75 Å². The van der Waals surface area contributed by atoms with Crippen LogP contribution >= 0.6 is 23.4 Å². The fourth-order valence-electron chi connectivity index (χ4n) is 6.74. The summed E-state index contributed by atoms with van der Waals surface area (Å²) in [6, 6.07) is 7.73. The average Bonchev–Trinajstić information content (AvgIpc) is 3.43. The van der Waals surface area contributed by atoms with Crippen LogP contribution in [-0.4, -0.2) is 74.7 Å². The maximum absolute atomic E-state index is 13.8. The van der Waals surface area contributed by atoms with Crippen molar-refractivity contribution >= 4 is 29.3 Å². The number of piperidine rings is 1. The van der Waals surface area contributed by atoms with Crippen LogP contribution in [0.25, 0.3) is 11.1 Å². The number of pyridine rings is 1. The number of hydrogen-bond acceptors (Lipinski definition) is 8. The molecule has 0 saturated carbocycles. The Bertz CT molecular complexity index is 1650. The van der Waals surface area contributed by atoms with Gasteiger partial charge in [-0.2, -0.15) is 0 Å². The molecule has 2 unspecified atom stereocenters. The molecular weight excluding hydrogens is 600 g/mol. The molecule has 0 spiro atoms. The van der Waals surface area contributed by atoms with E-state index in [9.17, 15) is 14.7 Å². The highest BCUT2D eigenvalue weighted by Crippen LogP contribution is 2.47. The van der Waals surface area contributed by atoms with Gasteiger partial charge in [0, 0.05) is 64.3 Å². The molecule has 11 heteroatoms. The molecule has 0 bridgehead atoms. The lowest BCUT2D eigenvalue weighted by Crippen LogP contribution is -2.50. The summed E-state index contributed by atoms with van der Waals surface area (Å²) in [7, 11) is 1.79. The lowest BCUT2D eigenvalue weighted by molar-refractivity contribution is -0.138. The van der Waals surface area contributed by atoms with E-state index in [1.807, 2.05) is 32.0 Å². The maximum atomic E-state index is 13.8. The number of ether oxygens (including phenoxy) is 2. The Labute approximate surface area is 266 Å². The lowest BCUT2D eigenvalue weighted by atomic mass is 9.87. The minimum absolute atomic E-state index is 0.0227. The number of carboxylic acid groups (broad SMARTS) is 1. The van der Waals surface area contributed by atoms with E-state index >= 15 is 0 Å². The summed E-state index contributed by atoms with van der Waals surface area (Å²) in [5.74, 6) is 0.220. The first-order valence-corrected chi connectivity index (χ1v) is 16.6. The second-order valence-corrected chi connectivity index (χ2v) is 13.8. The van der Waals surface area contributed by atoms with Gasteiger partial charge in [-0.1, -0.05) is 11.6 Å². The monoisotopic (exact) mass is 638 g/mol. The number of fused-ring (bicyclic) bond motifs is 2. The van der Waals surface area contributed by atoms with E-state index in [0.717, 1.165) is 78.2 Å². The summed E-state index contributed by atoms with van der Waals surface area (Å²) in [4.78, 5) is 38.4. The molecule has 9 nitrogen and oxygen atoms in total. The molecule has 1 fully saturated rings. The van der Waals surface area contributed by atoms with Gasteiger partial charge in [-0.25, -0.2) is 4.98 Å². The zero-order valence-corrected chi connectivity index (χ0v) is 27.3. The van der Waals surface area contributed by atoms with Crippen LogP contribution in [0.4, 0.5) is 0 Å². The minimum Gasteiger partial charge on any atom is -0.491 e. The van der Waals surface area contributed by atoms with E-state index in [1.54, 1.807) is 17.7 Å². The lowest BCUT2D eigenvalue weighted by Gasteiger charge is -2.43. The Morgan fingerprint density at radius 1 is 1.18 bits per heavy atom. The van der Waals surface area contributed by atoms with Gasteiger partial charge in [0.05, 0.1) is 23.5 Å². The van der Waals surface area contributed by atoms with Crippen molar-refractivity contribution in [2.75, 3.05) is 32.6 Å². The van der Waals surface area contributed by atoms with Crippen molar-refractivity contribution in [1.82, 2.24) is 19.4 Å². The summed E-state index contributed by atoms with van der Waals surface area (Å²) in [5, 5.41) is 10.3. The zero-order chi connectivity index (χ0) is 31.2. The van der Waals surface area contributed by atoms with E-state index < -0.39 is 11.9 Å². The number of nitrogens with zero attached hydrogens (tertiary/aromatic N) is 4. The molecule has 1 aromatic carbocycles. The molecular formula is C33H39ClN4O5S. The number of aliphatic carboxylic acids is 1. The summed E-state index contributed by atoms with van der Waals surface area (Å²) in [6.45, 7) is 8.50. The van der Waals surface area contributed by atoms with Crippen LogP contribution in [0.1, 0.15) is 60.6 Å². The molecule has 1 N–H and O–H groups in total. The van der Waals surface area contributed by atoms with Gasteiger partial charge in [0.25, 0.3) is 5.56 Å². The van der Waals surface area contributed by atoms with Crippen LogP contribution in [0.2, 0.25) is 5.02 Å². The highest BCUT2D eigenvalue weighted by molar-refractivity contribution is 7.99.